The van der Waals surface area contributed by atoms with Crippen molar-refractivity contribution in [3.63, 3.8) is 0 Å². The Kier molecular flexibility index (Phi) is 2.79. The molecule has 19 heavy (non-hydrogen) atoms. The molecule has 0 amide bonds. The van der Waals surface area contributed by atoms with Crippen LogP contribution >= 0.6 is 0 Å². The molecule has 3 rings (SSSR count). The number of benzene rings is 1. The van der Waals surface area contributed by atoms with Crippen molar-refractivity contribution in [2.24, 2.45) is 0 Å². The van der Waals surface area contributed by atoms with Crippen LogP contribution in [0.25, 0.3) is 0 Å². The second kappa shape index (κ2) is 4.60. The Hall–Kier alpha value is -2.57. The molecule has 1 aliphatic heterocycles. The Balaban J connectivity index is 1.86. The fourth-order valence-electron chi connectivity index (χ4n) is 1.71. The lowest BCUT2D eigenvalue weighted by Gasteiger charge is -2.18. The number of anilines is 2. The van der Waals surface area contributed by atoms with Crippen molar-refractivity contribution in [1.29, 1.82) is 0 Å². The van der Waals surface area contributed by atoms with Crippen LogP contribution in [0.4, 0.5) is 11.6 Å². The van der Waals surface area contributed by atoms with Crippen molar-refractivity contribution in [3.05, 3.63) is 34.2 Å². The van der Waals surface area contributed by atoms with E-state index in [1.54, 1.807) is 19.1 Å². The van der Waals surface area contributed by atoms with Gasteiger partial charge in [-0.2, -0.15) is 0 Å². The molecule has 1 aromatic heterocycles. The summed E-state index contributed by atoms with van der Waals surface area (Å²) in [5.41, 5.74) is 0.792. The standard InChI is InChI=1S/C12H12N4O3/c1-7-11(17)14-12(16-15-7)13-8-2-3-9-10(6-8)19-5-4-18-9/h2-3,6H,4-5H2,1H3,(H2,13,14,16,17). The Morgan fingerprint density at radius 1 is 1.21 bits per heavy atom. The summed E-state index contributed by atoms with van der Waals surface area (Å²) in [5.74, 6) is 1.66. The minimum Gasteiger partial charge on any atom is -0.486 e. The fourth-order valence-corrected chi connectivity index (χ4v) is 1.71. The van der Waals surface area contributed by atoms with Crippen molar-refractivity contribution in [2.45, 2.75) is 6.92 Å². The summed E-state index contributed by atoms with van der Waals surface area (Å²) >= 11 is 0. The highest BCUT2D eigenvalue weighted by atomic mass is 16.6. The number of hydrogen-bond acceptors (Lipinski definition) is 6. The third-order valence-electron chi connectivity index (χ3n) is 2.67. The normalized spacial score (nSPS) is 13.1. The number of fused-ring (bicyclic) bond motifs is 1. The van der Waals surface area contributed by atoms with Gasteiger partial charge in [0.1, 0.15) is 18.9 Å². The number of rotatable bonds is 2. The van der Waals surface area contributed by atoms with Crippen LogP contribution in [0.5, 0.6) is 11.5 Å². The molecule has 1 aliphatic rings. The lowest BCUT2D eigenvalue weighted by atomic mass is 10.2. The van der Waals surface area contributed by atoms with Crippen LogP contribution in [0, 0.1) is 6.92 Å². The van der Waals surface area contributed by atoms with Gasteiger partial charge < -0.3 is 14.8 Å². The second-order valence-corrected chi connectivity index (χ2v) is 4.07. The van der Waals surface area contributed by atoms with Crippen molar-refractivity contribution in [3.8, 4) is 11.5 Å². The number of ether oxygens (including phenoxy) is 2. The molecule has 0 bridgehead atoms. The molecule has 98 valence electrons. The molecule has 2 heterocycles. The van der Waals surface area contributed by atoms with Gasteiger partial charge in [-0.1, -0.05) is 0 Å². The zero-order valence-electron chi connectivity index (χ0n) is 10.3. The summed E-state index contributed by atoms with van der Waals surface area (Å²) in [5, 5.41) is 10.6. The molecule has 0 saturated heterocycles. The van der Waals surface area contributed by atoms with E-state index in [1.807, 2.05) is 6.07 Å². The van der Waals surface area contributed by atoms with Crippen LogP contribution in [0.1, 0.15) is 5.69 Å². The third-order valence-corrected chi connectivity index (χ3v) is 2.67. The van der Waals surface area contributed by atoms with Gasteiger partial charge in [-0.05, 0) is 19.1 Å². The highest BCUT2D eigenvalue weighted by Gasteiger charge is 2.12. The molecule has 0 atom stereocenters. The number of aromatic nitrogens is 3. The molecular weight excluding hydrogens is 248 g/mol. The van der Waals surface area contributed by atoms with Crippen molar-refractivity contribution < 1.29 is 9.47 Å². The average molecular weight is 260 g/mol. The molecule has 0 fully saturated rings. The smallest absolute Gasteiger partial charge is 0.273 e. The molecule has 0 spiro atoms. The van der Waals surface area contributed by atoms with Gasteiger partial charge in [0, 0.05) is 11.8 Å². The maximum atomic E-state index is 11.4. The summed E-state index contributed by atoms with van der Waals surface area (Å²) in [4.78, 5) is 14.0. The first-order valence-corrected chi connectivity index (χ1v) is 5.82. The number of nitrogens with zero attached hydrogens (tertiary/aromatic N) is 2. The van der Waals surface area contributed by atoms with E-state index in [0.29, 0.717) is 30.4 Å². The van der Waals surface area contributed by atoms with E-state index < -0.39 is 0 Å². The summed E-state index contributed by atoms with van der Waals surface area (Å²) < 4.78 is 10.9. The van der Waals surface area contributed by atoms with E-state index in [4.69, 9.17) is 9.47 Å². The molecule has 1 aromatic carbocycles. The van der Waals surface area contributed by atoms with Crippen LogP contribution in [-0.2, 0) is 0 Å². The Morgan fingerprint density at radius 2 is 2.00 bits per heavy atom. The predicted octanol–water partition coefficient (Wildman–Crippen LogP) is 0.988. The minimum absolute atomic E-state index is 0.268. The van der Waals surface area contributed by atoms with Gasteiger partial charge in [0.05, 0.1) is 0 Å². The molecule has 0 unspecified atom stereocenters. The number of H-pyrrole nitrogens is 1. The van der Waals surface area contributed by atoms with Crippen LogP contribution in [0.3, 0.4) is 0 Å². The topological polar surface area (TPSA) is 89.1 Å². The summed E-state index contributed by atoms with van der Waals surface area (Å²) in [6.45, 7) is 2.67. The molecule has 0 saturated carbocycles. The van der Waals surface area contributed by atoms with E-state index in [-0.39, 0.29) is 11.5 Å². The Morgan fingerprint density at radius 3 is 2.79 bits per heavy atom. The van der Waals surface area contributed by atoms with Gasteiger partial charge in [-0.3, -0.25) is 9.78 Å². The fraction of sp³-hybridized carbons (Fsp3) is 0.250. The maximum Gasteiger partial charge on any atom is 0.273 e. The van der Waals surface area contributed by atoms with Crippen LogP contribution in [0.15, 0.2) is 23.0 Å². The molecule has 2 N–H and O–H groups in total. The van der Waals surface area contributed by atoms with E-state index in [0.717, 1.165) is 5.69 Å². The number of aryl methyl sites for hydroxylation is 1. The first kappa shape index (κ1) is 11.5. The highest BCUT2D eigenvalue weighted by Crippen LogP contribution is 2.33. The summed E-state index contributed by atoms with van der Waals surface area (Å²) in [6, 6.07) is 5.40. The SMILES string of the molecule is Cc1nnc(Nc2ccc3c(c2)OCCO3)[nH]c1=O. The van der Waals surface area contributed by atoms with Crippen molar-refractivity contribution >= 4 is 11.6 Å². The van der Waals surface area contributed by atoms with E-state index in [2.05, 4.69) is 20.5 Å². The molecular formula is C12H12N4O3. The quantitative estimate of drug-likeness (QED) is 0.837. The number of hydrogen-bond donors (Lipinski definition) is 2. The Bertz CT molecular complexity index is 668. The van der Waals surface area contributed by atoms with Gasteiger partial charge in [-0.15, -0.1) is 10.2 Å². The molecule has 0 radical (unpaired) electrons. The highest BCUT2D eigenvalue weighted by molar-refractivity contribution is 5.59. The first-order chi connectivity index (χ1) is 9.22. The van der Waals surface area contributed by atoms with Crippen LogP contribution in [-0.4, -0.2) is 28.4 Å². The summed E-state index contributed by atoms with van der Waals surface area (Å²) in [7, 11) is 0. The third kappa shape index (κ3) is 2.35. The predicted molar refractivity (Wildman–Crippen MR) is 68.1 cm³/mol. The Labute approximate surface area is 108 Å². The first-order valence-electron chi connectivity index (χ1n) is 5.82. The van der Waals surface area contributed by atoms with Crippen LogP contribution < -0.4 is 20.3 Å². The zero-order chi connectivity index (χ0) is 13.2. The lowest BCUT2D eigenvalue weighted by Crippen LogP contribution is -2.16. The lowest BCUT2D eigenvalue weighted by molar-refractivity contribution is 0.171. The van der Waals surface area contributed by atoms with E-state index in [9.17, 15) is 4.79 Å². The van der Waals surface area contributed by atoms with Crippen molar-refractivity contribution in [2.75, 3.05) is 18.5 Å². The van der Waals surface area contributed by atoms with Crippen molar-refractivity contribution in [1.82, 2.24) is 15.2 Å². The van der Waals surface area contributed by atoms with E-state index >= 15 is 0 Å². The maximum absolute atomic E-state index is 11.4. The largest absolute Gasteiger partial charge is 0.486 e. The summed E-state index contributed by atoms with van der Waals surface area (Å²) in [6.07, 6.45) is 0. The van der Waals surface area contributed by atoms with Gasteiger partial charge >= 0.3 is 0 Å². The van der Waals surface area contributed by atoms with E-state index in [1.165, 1.54) is 0 Å². The molecule has 7 nitrogen and oxygen atoms in total. The number of nitrogens with one attached hydrogen (secondary N) is 2. The monoisotopic (exact) mass is 260 g/mol. The second-order valence-electron chi connectivity index (χ2n) is 4.07. The zero-order valence-corrected chi connectivity index (χ0v) is 10.3. The van der Waals surface area contributed by atoms with Gasteiger partial charge in [0.2, 0.25) is 5.95 Å². The van der Waals surface area contributed by atoms with Gasteiger partial charge in [0.15, 0.2) is 11.5 Å². The minimum atomic E-state index is -0.268. The van der Waals surface area contributed by atoms with Crippen LogP contribution in [0.2, 0.25) is 0 Å². The van der Waals surface area contributed by atoms with Gasteiger partial charge in [0.25, 0.3) is 5.56 Å². The molecule has 0 aliphatic carbocycles. The average Bonchev–Trinajstić information content (AvgIpc) is 2.43. The van der Waals surface area contributed by atoms with Gasteiger partial charge in [-0.25, -0.2) is 0 Å². The molecule has 7 heteroatoms. The molecule has 2 aromatic rings. The number of aromatic amines is 1.